The van der Waals surface area contributed by atoms with Crippen molar-refractivity contribution < 1.29 is 105 Å². The highest BCUT2D eigenvalue weighted by molar-refractivity contribution is 6.00. The Morgan fingerprint density at radius 3 is 0.926 bits per heavy atom. The standard InChI is InChI=1S/C93H116N18O17.C2HF3O2/c1-2-79(114)96-45-52-111(53-46-97-82(115)71-31-35-73(36-32-71)84(117)99-48-55-125-59-61-127-57-50-103-92(123)109-90(94)101-43-15-25-77(86(119)105-63-65-27-39-75(112)40-28-65)107-88(121)80(67-17-7-3-8-18-67)68-19-9-4-10-20-68)54-47-98-83(116)72-33-37-74(38-34-72)85(118)100-49-56-126-60-62-128-58-51-104-93(124)110-91(95)102-44-16-26-78(87(120)106-64-66-29-41-76(113)42-30-66)108-89(122)81(69-21-11-5-12-22-69)70-23-13-6-14-24-70;3-2(4,5)1(6)7/h3-14,17-24,27-42,77-78,80-81,112-113H,2,15-16,25-26,43-64H2,1H3,(H,96,114)(H,97,115)(H,98,116)(H,99,117)(H,100,118)(H,105,119)(H,106,120)(H,107,121)(H,108,122)(H4,94,101,103,109,123)(H4,95,102,104,110,124);(H,6,7)/t77-,78-;/m1./s1. The maximum atomic E-state index is 14.0. The van der Waals surface area contributed by atoms with Crippen LogP contribution < -0.4 is 80.6 Å². The number of alkyl halides is 3. The average Bonchev–Trinajstić information content (AvgIpc) is 0.826. The van der Waals surface area contributed by atoms with Gasteiger partial charge < -0.3 is 115 Å². The van der Waals surface area contributed by atoms with Crippen molar-refractivity contribution >= 4 is 83.1 Å². The molecular formula is C95H117F3N18O19. The number of benzene rings is 8. The van der Waals surface area contributed by atoms with Crippen molar-refractivity contribution in [1.82, 2.24) is 74.0 Å². The van der Waals surface area contributed by atoms with E-state index in [4.69, 9.17) is 40.3 Å². The minimum atomic E-state index is -5.08. The van der Waals surface area contributed by atoms with Crippen LogP contribution in [0.2, 0.25) is 0 Å². The molecule has 0 unspecified atom stereocenters. The summed E-state index contributed by atoms with van der Waals surface area (Å²) in [6.07, 6.45) is -3.63. The Balaban J connectivity index is 0.00000341. The summed E-state index contributed by atoms with van der Waals surface area (Å²) in [6.45, 7) is 6.59. The number of hydrogen-bond donors (Lipinski definition) is 18. The van der Waals surface area contributed by atoms with Gasteiger partial charge in [-0.1, -0.05) is 153 Å². The fourth-order valence-electron chi connectivity index (χ4n) is 12.9. The Bertz CT molecular complexity index is 4710. The van der Waals surface area contributed by atoms with Crippen LogP contribution >= 0.6 is 0 Å². The number of carboxylic acid groups (broad SMARTS) is 1. The van der Waals surface area contributed by atoms with Crippen LogP contribution in [0.1, 0.15) is 126 Å². The van der Waals surface area contributed by atoms with Gasteiger partial charge in [-0.25, -0.2) is 14.4 Å². The lowest BCUT2D eigenvalue weighted by molar-refractivity contribution is -0.192. The quantitative estimate of drug-likeness (QED) is 0.0131. The number of hydrogen-bond acceptors (Lipinski definition) is 19. The molecule has 0 heterocycles. The normalized spacial score (nSPS) is 11.7. The SMILES string of the molecule is CCC(=O)NCCN(CCNC(=O)c1ccc(C(=O)NCCOCCOCCNC(=O)/N=C(/N)NCCC[C@@H](NC(=O)C(c2ccccc2)c2ccccc2)C(=O)NCc2ccc(O)cc2)cc1)CCNC(=O)c1ccc(C(=O)NCCOCCOCCNC(=O)/N=C(/N)NCCC[C@@H](NC(=O)C(c2ccccc2)c2ccccc2)C(=O)NCc2ccc(O)cc2)cc1.O=C(O)C(F)(F)F. The van der Waals surface area contributed by atoms with E-state index in [0.717, 1.165) is 33.4 Å². The molecule has 8 rings (SSSR count). The van der Waals surface area contributed by atoms with Crippen molar-refractivity contribution in [3.63, 3.8) is 0 Å². The van der Waals surface area contributed by atoms with Crippen LogP contribution in [0.25, 0.3) is 0 Å². The number of guanidine groups is 2. The van der Waals surface area contributed by atoms with Crippen LogP contribution in [0.4, 0.5) is 22.8 Å². The third-order valence-corrected chi connectivity index (χ3v) is 19.9. The fourth-order valence-corrected chi connectivity index (χ4v) is 12.9. The van der Waals surface area contributed by atoms with Gasteiger partial charge in [-0.3, -0.25) is 48.1 Å². The molecule has 37 nitrogen and oxygen atoms in total. The van der Waals surface area contributed by atoms with E-state index in [0.29, 0.717) is 67.7 Å². The first-order valence-corrected chi connectivity index (χ1v) is 43.7. The molecule has 0 bridgehead atoms. The molecule has 8 aromatic carbocycles. The van der Waals surface area contributed by atoms with Gasteiger partial charge in [0.25, 0.3) is 23.6 Å². The first-order chi connectivity index (χ1) is 65.1. The molecular weight excluding hydrogens is 1750 g/mol. The number of nitrogens with one attached hydrogen (secondary N) is 13. The van der Waals surface area contributed by atoms with Crippen LogP contribution in [0.5, 0.6) is 11.5 Å². The van der Waals surface area contributed by atoms with Crippen molar-refractivity contribution in [3.05, 3.63) is 274 Å². The number of urea groups is 2. The van der Waals surface area contributed by atoms with E-state index in [-0.39, 0.29) is 196 Å². The lowest BCUT2D eigenvalue weighted by Gasteiger charge is -2.23. The minimum absolute atomic E-state index is 0.0924. The van der Waals surface area contributed by atoms with E-state index in [1.54, 1.807) is 31.2 Å². The number of aliphatic carboxylic acids is 1. The van der Waals surface area contributed by atoms with Gasteiger partial charge in [0.15, 0.2) is 11.9 Å². The molecule has 0 fully saturated rings. The van der Waals surface area contributed by atoms with Gasteiger partial charge in [0.05, 0.1) is 64.7 Å². The number of ether oxygens (including phenoxy) is 4. The van der Waals surface area contributed by atoms with E-state index >= 15 is 0 Å². The number of nitrogens with zero attached hydrogens (tertiary/aromatic N) is 3. The number of halogens is 3. The Kier molecular flexibility index (Phi) is 47.8. The van der Waals surface area contributed by atoms with Crippen LogP contribution in [-0.4, -0.2) is 253 Å². The summed E-state index contributed by atoms with van der Waals surface area (Å²) in [5.41, 5.74) is 17.9. The second-order valence-electron chi connectivity index (χ2n) is 30.0. The molecule has 0 saturated carbocycles. The lowest BCUT2D eigenvalue weighted by Crippen LogP contribution is -2.48. The smallest absolute Gasteiger partial charge is 0.490 e. The Labute approximate surface area is 779 Å². The molecule has 0 radical (unpaired) electrons. The zero-order valence-corrected chi connectivity index (χ0v) is 74.7. The number of carbonyl (C=O) groups excluding carboxylic acids is 11. The van der Waals surface area contributed by atoms with E-state index < -0.39 is 59.9 Å². The van der Waals surface area contributed by atoms with E-state index in [1.807, 2.05) is 126 Å². The average molecular weight is 1870 g/mol. The van der Waals surface area contributed by atoms with Crippen molar-refractivity contribution in [1.29, 1.82) is 0 Å². The maximum absolute atomic E-state index is 14.0. The van der Waals surface area contributed by atoms with Crippen LogP contribution in [-0.2, 0) is 60.8 Å². The summed E-state index contributed by atoms with van der Waals surface area (Å²) in [5.74, 6) is -7.38. The number of nitrogens with two attached hydrogens (primary N) is 2. The third kappa shape index (κ3) is 42.1. The topological polar surface area (TPSA) is 539 Å². The summed E-state index contributed by atoms with van der Waals surface area (Å²) in [5, 5.41) is 63.3. The van der Waals surface area contributed by atoms with Gasteiger partial charge in [0.1, 0.15) is 23.6 Å². The van der Waals surface area contributed by atoms with E-state index in [9.17, 15) is 76.1 Å². The summed E-state index contributed by atoms with van der Waals surface area (Å²) >= 11 is 0. The van der Waals surface area contributed by atoms with E-state index in [2.05, 4.69) is 79.1 Å². The van der Waals surface area contributed by atoms with Gasteiger partial charge in [0, 0.05) is 120 Å². The summed E-state index contributed by atoms with van der Waals surface area (Å²) in [7, 11) is 0. The summed E-state index contributed by atoms with van der Waals surface area (Å²) in [4.78, 5) is 163. The number of phenolic OH excluding ortho intramolecular Hbond substituents is 2. The van der Waals surface area contributed by atoms with Gasteiger partial charge in [-0.15, -0.1) is 0 Å². The molecule has 0 aromatic heterocycles. The molecule has 0 aliphatic heterocycles. The number of aromatic hydroxyl groups is 2. The molecule has 40 heteroatoms. The van der Waals surface area contributed by atoms with E-state index in [1.165, 1.54) is 72.8 Å². The Hall–Kier alpha value is -14.9. The number of rotatable bonds is 54. The molecule has 722 valence electrons. The summed E-state index contributed by atoms with van der Waals surface area (Å²) < 4.78 is 54.0. The minimum Gasteiger partial charge on any atom is -0.508 e. The first kappa shape index (κ1) is 107. The zero-order valence-electron chi connectivity index (χ0n) is 74.7. The van der Waals surface area contributed by atoms with Gasteiger partial charge in [-0.2, -0.15) is 23.2 Å². The Morgan fingerprint density at radius 1 is 0.356 bits per heavy atom. The largest absolute Gasteiger partial charge is 0.508 e. The van der Waals surface area contributed by atoms with Crippen molar-refractivity contribution in [2.45, 2.75) is 82.2 Å². The predicted octanol–water partition coefficient (Wildman–Crippen LogP) is 5.30. The second-order valence-corrected chi connectivity index (χ2v) is 30.0. The molecule has 2 atom stereocenters. The number of amides is 13. The van der Waals surface area contributed by atoms with Crippen molar-refractivity contribution in [3.8, 4) is 11.5 Å². The molecule has 20 N–H and O–H groups in total. The highest BCUT2D eigenvalue weighted by Gasteiger charge is 2.38. The van der Waals surface area contributed by atoms with Gasteiger partial charge in [0.2, 0.25) is 29.5 Å². The third-order valence-electron chi connectivity index (χ3n) is 19.9. The Morgan fingerprint density at radius 2 is 0.637 bits per heavy atom. The van der Waals surface area contributed by atoms with Crippen LogP contribution in [0, 0.1) is 0 Å². The van der Waals surface area contributed by atoms with Gasteiger partial charge >= 0.3 is 24.2 Å². The predicted molar refractivity (Wildman–Crippen MR) is 497 cm³/mol. The van der Waals surface area contributed by atoms with Crippen LogP contribution in [0.15, 0.2) is 228 Å². The van der Waals surface area contributed by atoms with Crippen LogP contribution in [0.3, 0.4) is 0 Å². The molecule has 0 spiro atoms. The molecule has 135 heavy (non-hydrogen) atoms. The number of carboxylic acids is 1. The molecule has 8 aromatic rings. The fraction of sp³-hybridized carbons (Fsp3) is 0.347. The van der Waals surface area contributed by atoms with Crippen molar-refractivity contribution in [2.75, 3.05) is 131 Å². The molecule has 0 aliphatic rings. The molecule has 0 saturated heterocycles. The van der Waals surface area contributed by atoms with Crippen molar-refractivity contribution in [2.24, 2.45) is 21.5 Å². The maximum Gasteiger partial charge on any atom is 0.490 e. The van der Waals surface area contributed by atoms with Gasteiger partial charge in [-0.05, 0) is 132 Å². The molecule has 0 aliphatic carbocycles. The monoisotopic (exact) mass is 1870 g/mol. The zero-order chi connectivity index (χ0) is 97.4. The highest BCUT2D eigenvalue weighted by atomic mass is 19.4. The lowest BCUT2D eigenvalue weighted by atomic mass is 9.90. The second kappa shape index (κ2) is 60.2. The molecule has 13 amide bonds. The number of phenols is 2. The number of carbonyl (C=O) groups is 12. The highest BCUT2D eigenvalue weighted by Crippen LogP contribution is 2.28. The number of aliphatic imine (C=N–C) groups is 2. The first-order valence-electron chi connectivity index (χ1n) is 43.7. The summed E-state index contributed by atoms with van der Waals surface area (Å²) in [6, 6.07) is 59.0.